The van der Waals surface area contributed by atoms with Crippen molar-refractivity contribution in [3.05, 3.63) is 28.7 Å². The molecule has 102 valence electrons. The van der Waals surface area contributed by atoms with Crippen LogP contribution in [0.25, 0.3) is 11.1 Å². The van der Waals surface area contributed by atoms with Crippen LogP contribution in [0.5, 0.6) is 0 Å². The van der Waals surface area contributed by atoms with Gasteiger partial charge in [0.15, 0.2) is 5.58 Å². The van der Waals surface area contributed by atoms with E-state index in [9.17, 15) is 9.59 Å². The first kappa shape index (κ1) is 13.4. The van der Waals surface area contributed by atoms with Crippen LogP contribution in [0.3, 0.4) is 0 Å². The van der Waals surface area contributed by atoms with Gasteiger partial charge < -0.3 is 15.1 Å². The molecule has 1 amide bonds. The quantitative estimate of drug-likeness (QED) is 0.779. The zero-order chi connectivity index (χ0) is 14.0. The first-order valence-corrected chi connectivity index (χ1v) is 6.01. The van der Waals surface area contributed by atoms with Crippen LogP contribution in [-0.2, 0) is 4.79 Å². The Morgan fingerprint density at radius 1 is 1.42 bits per heavy atom. The maximum Gasteiger partial charge on any atom is 0.417 e. The largest absolute Gasteiger partial charge is 0.417 e. The molecule has 0 aliphatic rings. The fourth-order valence-electron chi connectivity index (χ4n) is 1.72. The molecule has 0 atom stereocenters. The minimum absolute atomic E-state index is 0.100. The van der Waals surface area contributed by atoms with Gasteiger partial charge in [0.2, 0.25) is 5.91 Å². The van der Waals surface area contributed by atoms with Crippen molar-refractivity contribution in [1.82, 2.24) is 10.3 Å². The Kier molecular flexibility index (Phi) is 3.44. The van der Waals surface area contributed by atoms with Gasteiger partial charge in [0.25, 0.3) is 0 Å². The molecule has 2 rings (SSSR count). The minimum Gasteiger partial charge on any atom is -0.408 e. The Balaban J connectivity index is 2.12. The van der Waals surface area contributed by atoms with E-state index in [2.05, 4.69) is 15.6 Å². The Morgan fingerprint density at radius 2 is 2.16 bits per heavy atom. The molecule has 0 unspecified atom stereocenters. The standard InChI is InChI=1S/C13H17N3O3/c1-13(2,14-3)7-11(17)15-8-4-5-9-10(6-8)19-12(18)16-9/h4-6,14H,7H2,1-3H3,(H,15,17)(H,16,18). The van der Waals surface area contributed by atoms with Crippen molar-refractivity contribution in [2.75, 3.05) is 12.4 Å². The van der Waals surface area contributed by atoms with Gasteiger partial charge in [-0.3, -0.25) is 9.78 Å². The van der Waals surface area contributed by atoms with Crippen LogP contribution >= 0.6 is 0 Å². The summed E-state index contributed by atoms with van der Waals surface area (Å²) in [6.45, 7) is 3.89. The molecule has 0 bridgehead atoms. The fraction of sp³-hybridized carbons (Fsp3) is 0.385. The predicted molar refractivity (Wildman–Crippen MR) is 73.2 cm³/mol. The number of benzene rings is 1. The van der Waals surface area contributed by atoms with E-state index in [4.69, 9.17) is 4.42 Å². The van der Waals surface area contributed by atoms with Gasteiger partial charge >= 0.3 is 5.76 Å². The maximum absolute atomic E-state index is 11.9. The number of rotatable bonds is 4. The number of hydrogen-bond donors (Lipinski definition) is 3. The lowest BCUT2D eigenvalue weighted by molar-refractivity contribution is -0.117. The lowest BCUT2D eigenvalue weighted by atomic mass is 10.0. The third-order valence-electron chi connectivity index (χ3n) is 2.98. The number of oxazole rings is 1. The molecule has 0 aliphatic heterocycles. The Bertz CT molecular complexity index is 654. The SMILES string of the molecule is CNC(C)(C)CC(=O)Nc1ccc2[nH]c(=O)oc2c1. The lowest BCUT2D eigenvalue weighted by Gasteiger charge is -2.23. The third kappa shape index (κ3) is 3.23. The number of carbonyl (C=O) groups excluding carboxylic acids is 1. The molecule has 19 heavy (non-hydrogen) atoms. The summed E-state index contributed by atoms with van der Waals surface area (Å²) in [7, 11) is 1.81. The molecule has 0 spiro atoms. The monoisotopic (exact) mass is 263 g/mol. The zero-order valence-electron chi connectivity index (χ0n) is 11.2. The van der Waals surface area contributed by atoms with E-state index in [1.54, 1.807) is 18.2 Å². The van der Waals surface area contributed by atoms with Crippen molar-refractivity contribution in [2.45, 2.75) is 25.8 Å². The van der Waals surface area contributed by atoms with Crippen molar-refractivity contribution in [2.24, 2.45) is 0 Å². The number of nitrogens with one attached hydrogen (secondary N) is 3. The highest BCUT2D eigenvalue weighted by atomic mass is 16.4. The number of hydrogen-bond acceptors (Lipinski definition) is 4. The van der Waals surface area contributed by atoms with Crippen molar-refractivity contribution in [3.8, 4) is 0 Å². The molecule has 0 saturated heterocycles. The maximum atomic E-state index is 11.9. The molecule has 3 N–H and O–H groups in total. The number of fused-ring (bicyclic) bond motifs is 1. The molecule has 0 radical (unpaired) electrons. The number of amides is 1. The number of aromatic amines is 1. The average Bonchev–Trinajstić information content (AvgIpc) is 2.67. The smallest absolute Gasteiger partial charge is 0.408 e. The number of anilines is 1. The Hall–Kier alpha value is -2.08. The Labute approximate surface area is 110 Å². The third-order valence-corrected chi connectivity index (χ3v) is 2.98. The number of aromatic nitrogens is 1. The van der Waals surface area contributed by atoms with Crippen molar-refractivity contribution < 1.29 is 9.21 Å². The molecule has 2 aromatic rings. The van der Waals surface area contributed by atoms with E-state index < -0.39 is 5.76 Å². The highest BCUT2D eigenvalue weighted by Crippen LogP contribution is 2.17. The van der Waals surface area contributed by atoms with E-state index in [1.165, 1.54) is 0 Å². The van der Waals surface area contributed by atoms with Crippen LogP contribution in [0.1, 0.15) is 20.3 Å². The summed E-state index contributed by atoms with van der Waals surface area (Å²) in [5.41, 5.74) is 1.37. The number of carbonyl (C=O) groups is 1. The number of H-pyrrole nitrogens is 1. The lowest BCUT2D eigenvalue weighted by Crippen LogP contribution is -2.39. The summed E-state index contributed by atoms with van der Waals surface area (Å²) in [6, 6.07) is 5.04. The summed E-state index contributed by atoms with van der Waals surface area (Å²) in [6.07, 6.45) is 0.346. The van der Waals surface area contributed by atoms with Crippen molar-refractivity contribution >= 4 is 22.7 Å². The highest BCUT2D eigenvalue weighted by molar-refractivity contribution is 5.93. The summed E-state index contributed by atoms with van der Waals surface area (Å²) >= 11 is 0. The minimum atomic E-state index is -0.505. The summed E-state index contributed by atoms with van der Waals surface area (Å²) < 4.78 is 4.94. The highest BCUT2D eigenvalue weighted by Gasteiger charge is 2.19. The average molecular weight is 263 g/mol. The zero-order valence-corrected chi connectivity index (χ0v) is 11.2. The van der Waals surface area contributed by atoms with Crippen LogP contribution in [0.4, 0.5) is 5.69 Å². The predicted octanol–water partition coefficient (Wildman–Crippen LogP) is 1.45. The van der Waals surface area contributed by atoms with E-state index in [0.29, 0.717) is 23.2 Å². The van der Waals surface area contributed by atoms with Gasteiger partial charge in [-0.25, -0.2) is 4.79 Å². The molecule has 0 saturated carbocycles. The first-order chi connectivity index (χ1) is 8.89. The molecular formula is C13H17N3O3. The van der Waals surface area contributed by atoms with Crippen LogP contribution in [0.2, 0.25) is 0 Å². The van der Waals surface area contributed by atoms with Crippen LogP contribution in [0, 0.1) is 0 Å². The molecule has 1 aromatic carbocycles. The van der Waals surface area contributed by atoms with Gasteiger partial charge in [-0.15, -0.1) is 0 Å². The Morgan fingerprint density at radius 3 is 2.84 bits per heavy atom. The second-order valence-corrected chi connectivity index (χ2v) is 5.08. The second kappa shape index (κ2) is 4.89. The van der Waals surface area contributed by atoms with Gasteiger partial charge in [-0.05, 0) is 33.0 Å². The van der Waals surface area contributed by atoms with Gasteiger partial charge in [-0.2, -0.15) is 0 Å². The summed E-state index contributed by atoms with van der Waals surface area (Å²) in [5.74, 6) is -0.605. The molecule has 1 heterocycles. The van der Waals surface area contributed by atoms with Crippen LogP contribution in [0.15, 0.2) is 27.4 Å². The van der Waals surface area contributed by atoms with E-state index in [1.807, 2.05) is 20.9 Å². The molecule has 0 fully saturated rings. The van der Waals surface area contributed by atoms with Gasteiger partial charge in [0.1, 0.15) is 0 Å². The van der Waals surface area contributed by atoms with Gasteiger partial charge in [0.05, 0.1) is 5.52 Å². The van der Waals surface area contributed by atoms with Gasteiger partial charge in [-0.1, -0.05) is 0 Å². The molecule has 1 aromatic heterocycles. The summed E-state index contributed by atoms with van der Waals surface area (Å²) in [4.78, 5) is 25.4. The van der Waals surface area contributed by atoms with E-state index >= 15 is 0 Å². The van der Waals surface area contributed by atoms with E-state index in [-0.39, 0.29) is 11.4 Å². The normalized spacial score (nSPS) is 11.7. The van der Waals surface area contributed by atoms with Gasteiger partial charge in [0, 0.05) is 23.7 Å². The van der Waals surface area contributed by atoms with E-state index in [0.717, 1.165) is 0 Å². The molecular weight excluding hydrogens is 246 g/mol. The first-order valence-electron chi connectivity index (χ1n) is 6.01. The fourth-order valence-corrected chi connectivity index (χ4v) is 1.72. The molecule has 0 aliphatic carbocycles. The topological polar surface area (TPSA) is 87.1 Å². The van der Waals surface area contributed by atoms with Crippen molar-refractivity contribution in [1.29, 1.82) is 0 Å². The second-order valence-electron chi connectivity index (χ2n) is 5.08. The summed E-state index contributed by atoms with van der Waals surface area (Å²) in [5, 5.41) is 5.84. The van der Waals surface area contributed by atoms with Crippen LogP contribution in [-0.4, -0.2) is 23.5 Å². The molecule has 6 heteroatoms. The molecule has 6 nitrogen and oxygen atoms in total. The van der Waals surface area contributed by atoms with Crippen LogP contribution < -0.4 is 16.4 Å². The van der Waals surface area contributed by atoms with Crippen molar-refractivity contribution in [3.63, 3.8) is 0 Å².